The minimum atomic E-state index is -0.579. The first-order valence-electron chi connectivity index (χ1n) is 6.41. The fourth-order valence-electron chi connectivity index (χ4n) is 2.20. The van der Waals surface area contributed by atoms with Gasteiger partial charge < -0.3 is 9.73 Å². The number of benzene rings is 2. The Kier molecular flexibility index (Phi) is 3.81. The first kappa shape index (κ1) is 14.9. The summed E-state index contributed by atoms with van der Waals surface area (Å²) in [6.45, 7) is 1.74. The molecule has 0 bridgehead atoms. The second-order valence-electron chi connectivity index (χ2n) is 4.75. The van der Waals surface area contributed by atoms with Crippen LogP contribution in [0.15, 0.2) is 40.8 Å². The second kappa shape index (κ2) is 5.63. The molecule has 22 heavy (non-hydrogen) atoms. The second-order valence-corrected chi connectivity index (χ2v) is 5.59. The molecule has 0 saturated heterocycles. The summed E-state index contributed by atoms with van der Waals surface area (Å²) in [5.74, 6) is -1.06. The van der Waals surface area contributed by atoms with Crippen molar-refractivity contribution in [2.45, 2.75) is 6.92 Å². The van der Waals surface area contributed by atoms with Crippen molar-refractivity contribution < 1.29 is 13.6 Å². The lowest BCUT2D eigenvalue weighted by Crippen LogP contribution is -2.13. The molecule has 0 fully saturated rings. The standard InChI is InChI=1S/C16H10Cl2FNO2/c1-8-10-3-2-4-11(18)15(10)22-14(8)16(21)20-13-7-9(17)5-6-12(13)19/h2-7H,1H3,(H,20,21). The summed E-state index contributed by atoms with van der Waals surface area (Å²) in [5.41, 5.74) is 1.05. The zero-order chi connectivity index (χ0) is 15.9. The van der Waals surface area contributed by atoms with Gasteiger partial charge in [-0.25, -0.2) is 4.39 Å². The monoisotopic (exact) mass is 337 g/mol. The lowest BCUT2D eigenvalue weighted by atomic mass is 10.1. The van der Waals surface area contributed by atoms with Gasteiger partial charge in [0, 0.05) is 16.0 Å². The molecule has 3 nitrogen and oxygen atoms in total. The van der Waals surface area contributed by atoms with E-state index in [-0.39, 0.29) is 11.4 Å². The fourth-order valence-corrected chi connectivity index (χ4v) is 2.58. The molecular formula is C16H10Cl2FNO2. The smallest absolute Gasteiger partial charge is 0.291 e. The van der Waals surface area contributed by atoms with Gasteiger partial charge in [0.05, 0.1) is 10.7 Å². The maximum Gasteiger partial charge on any atom is 0.291 e. The number of aryl methyl sites for hydroxylation is 1. The molecule has 2 aromatic carbocycles. The molecule has 0 unspecified atom stereocenters. The summed E-state index contributed by atoms with van der Waals surface area (Å²) in [5, 5.41) is 3.92. The normalized spacial score (nSPS) is 10.9. The molecule has 3 rings (SSSR count). The number of hydrogen-bond donors (Lipinski definition) is 1. The van der Waals surface area contributed by atoms with Gasteiger partial charge in [0.2, 0.25) is 0 Å². The highest BCUT2D eigenvalue weighted by Crippen LogP contribution is 2.31. The molecule has 6 heteroatoms. The Morgan fingerprint density at radius 2 is 2.00 bits per heavy atom. The lowest BCUT2D eigenvalue weighted by molar-refractivity contribution is 0.0997. The average Bonchev–Trinajstić information content (AvgIpc) is 2.82. The number of rotatable bonds is 2. The maximum absolute atomic E-state index is 13.7. The van der Waals surface area contributed by atoms with E-state index in [0.717, 1.165) is 5.39 Å². The third kappa shape index (κ3) is 2.56. The van der Waals surface area contributed by atoms with Gasteiger partial charge in [-0.15, -0.1) is 0 Å². The van der Waals surface area contributed by atoms with Crippen LogP contribution in [0.25, 0.3) is 11.0 Å². The van der Waals surface area contributed by atoms with Gasteiger partial charge in [0.1, 0.15) is 5.82 Å². The van der Waals surface area contributed by atoms with Gasteiger partial charge in [-0.3, -0.25) is 4.79 Å². The summed E-state index contributed by atoms with van der Waals surface area (Å²) >= 11 is 11.9. The summed E-state index contributed by atoms with van der Waals surface area (Å²) in [7, 11) is 0. The maximum atomic E-state index is 13.7. The summed E-state index contributed by atoms with van der Waals surface area (Å²) in [4.78, 5) is 12.3. The summed E-state index contributed by atoms with van der Waals surface area (Å²) in [6, 6.07) is 9.16. The van der Waals surface area contributed by atoms with E-state index in [2.05, 4.69) is 5.32 Å². The highest BCUT2D eigenvalue weighted by molar-refractivity contribution is 6.35. The largest absolute Gasteiger partial charge is 0.449 e. The predicted octanol–water partition coefficient (Wildman–Crippen LogP) is 5.44. The molecule has 0 aliphatic carbocycles. The Hall–Kier alpha value is -2.04. The van der Waals surface area contributed by atoms with Crippen LogP contribution in [0, 0.1) is 12.7 Å². The van der Waals surface area contributed by atoms with Crippen LogP contribution in [-0.2, 0) is 0 Å². The quantitative estimate of drug-likeness (QED) is 0.676. The number of carbonyl (C=O) groups is 1. The zero-order valence-corrected chi connectivity index (χ0v) is 12.9. The van der Waals surface area contributed by atoms with E-state index in [4.69, 9.17) is 27.6 Å². The van der Waals surface area contributed by atoms with Gasteiger partial charge in [-0.1, -0.05) is 35.3 Å². The number of furan rings is 1. The molecule has 0 aliphatic heterocycles. The molecule has 0 aliphatic rings. The third-order valence-corrected chi connectivity index (χ3v) is 3.83. The van der Waals surface area contributed by atoms with Crippen LogP contribution in [0.5, 0.6) is 0 Å². The van der Waals surface area contributed by atoms with Crippen LogP contribution < -0.4 is 5.32 Å². The third-order valence-electron chi connectivity index (χ3n) is 3.30. The minimum absolute atomic E-state index is 0.0107. The van der Waals surface area contributed by atoms with Crippen LogP contribution in [0.3, 0.4) is 0 Å². The van der Waals surface area contributed by atoms with Crippen molar-refractivity contribution in [3.63, 3.8) is 0 Å². The Bertz CT molecular complexity index is 889. The van der Waals surface area contributed by atoms with E-state index >= 15 is 0 Å². The van der Waals surface area contributed by atoms with Crippen molar-refractivity contribution in [3.8, 4) is 0 Å². The number of carbonyl (C=O) groups excluding carboxylic acids is 1. The van der Waals surface area contributed by atoms with Crippen molar-refractivity contribution in [2.75, 3.05) is 5.32 Å². The van der Waals surface area contributed by atoms with Crippen LogP contribution in [-0.4, -0.2) is 5.91 Å². The van der Waals surface area contributed by atoms with Crippen molar-refractivity contribution in [1.29, 1.82) is 0 Å². The molecule has 0 radical (unpaired) electrons. The van der Waals surface area contributed by atoms with Crippen LogP contribution in [0.4, 0.5) is 10.1 Å². The van der Waals surface area contributed by atoms with E-state index in [1.54, 1.807) is 25.1 Å². The highest BCUT2D eigenvalue weighted by atomic mass is 35.5. The molecule has 1 N–H and O–H groups in total. The van der Waals surface area contributed by atoms with Crippen molar-refractivity contribution in [3.05, 3.63) is 63.6 Å². The molecule has 1 heterocycles. The predicted molar refractivity (Wildman–Crippen MR) is 85.3 cm³/mol. The summed E-state index contributed by atoms with van der Waals surface area (Å²) in [6.07, 6.45) is 0. The number of hydrogen-bond acceptors (Lipinski definition) is 2. The van der Waals surface area contributed by atoms with E-state index in [9.17, 15) is 9.18 Å². The number of para-hydroxylation sites is 1. The van der Waals surface area contributed by atoms with Crippen LogP contribution >= 0.6 is 23.2 Å². The number of halogens is 3. The topological polar surface area (TPSA) is 42.2 Å². The first-order valence-corrected chi connectivity index (χ1v) is 7.17. The van der Waals surface area contributed by atoms with Gasteiger partial charge >= 0.3 is 0 Å². The number of nitrogens with one attached hydrogen (secondary N) is 1. The molecule has 3 aromatic rings. The van der Waals surface area contributed by atoms with E-state index < -0.39 is 11.7 Å². The molecule has 1 aromatic heterocycles. The highest BCUT2D eigenvalue weighted by Gasteiger charge is 2.20. The Morgan fingerprint density at radius 1 is 1.23 bits per heavy atom. The number of fused-ring (bicyclic) bond motifs is 1. The molecule has 0 saturated carbocycles. The van der Waals surface area contributed by atoms with Gasteiger partial charge in [-0.05, 0) is 31.2 Å². The van der Waals surface area contributed by atoms with E-state index in [1.807, 2.05) is 0 Å². The van der Waals surface area contributed by atoms with Gasteiger partial charge in [-0.2, -0.15) is 0 Å². The summed E-state index contributed by atoms with van der Waals surface area (Å²) < 4.78 is 19.2. The Labute approximate surface area is 135 Å². The number of anilines is 1. The lowest BCUT2D eigenvalue weighted by Gasteiger charge is -2.05. The molecule has 0 spiro atoms. The molecule has 0 atom stereocenters. The van der Waals surface area contributed by atoms with Crippen molar-refractivity contribution in [1.82, 2.24) is 0 Å². The number of amides is 1. The Balaban J connectivity index is 2.01. The van der Waals surface area contributed by atoms with E-state index in [1.165, 1.54) is 18.2 Å². The first-order chi connectivity index (χ1) is 10.5. The van der Waals surface area contributed by atoms with Gasteiger partial charge in [0.15, 0.2) is 11.3 Å². The molecule has 112 valence electrons. The fraction of sp³-hybridized carbons (Fsp3) is 0.0625. The van der Waals surface area contributed by atoms with Crippen molar-refractivity contribution >= 4 is 45.8 Å². The SMILES string of the molecule is Cc1c(C(=O)Nc2cc(Cl)ccc2F)oc2c(Cl)cccc12. The van der Waals surface area contributed by atoms with Crippen LogP contribution in [0.2, 0.25) is 10.0 Å². The minimum Gasteiger partial charge on any atom is -0.449 e. The molecular weight excluding hydrogens is 328 g/mol. The Morgan fingerprint density at radius 3 is 2.73 bits per heavy atom. The van der Waals surface area contributed by atoms with E-state index in [0.29, 0.717) is 21.2 Å². The average molecular weight is 338 g/mol. The van der Waals surface area contributed by atoms with Gasteiger partial charge in [0.25, 0.3) is 5.91 Å². The van der Waals surface area contributed by atoms with Crippen molar-refractivity contribution in [2.24, 2.45) is 0 Å². The molecule has 1 amide bonds. The van der Waals surface area contributed by atoms with Crippen LogP contribution in [0.1, 0.15) is 16.1 Å². The zero-order valence-electron chi connectivity index (χ0n) is 11.4.